The van der Waals surface area contributed by atoms with Crippen LogP contribution in [0.5, 0.6) is 0 Å². The van der Waals surface area contributed by atoms with E-state index in [0.29, 0.717) is 0 Å². The lowest BCUT2D eigenvalue weighted by Gasteiger charge is -2.10. The molecule has 3 N–H and O–H groups in total. The van der Waals surface area contributed by atoms with Crippen molar-refractivity contribution in [2.24, 2.45) is 0 Å². The molecule has 0 atom stereocenters. The molecule has 0 aliphatic heterocycles. The van der Waals surface area contributed by atoms with E-state index < -0.39 is 0 Å². The molecule has 0 fully saturated rings. The molecule has 0 aliphatic rings. The lowest BCUT2D eigenvalue weighted by molar-refractivity contribution is 1.33. The van der Waals surface area contributed by atoms with Crippen LogP contribution in [0.15, 0.2) is 116 Å². The molecule has 6 heteroatoms. The van der Waals surface area contributed by atoms with Gasteiger partial charge in [0, 0.05) is 11.1 Å². The number of rotatable bonds is 4. The summed E-state index contributed by atoms with van der Waals surface area (Å²) in [6.07, 6.45) is 1.71. The molecule has 0 unspecified atom stereocenters. The van der Waals surface area contributed by atoms with E-state index >= 15 is 0 Å². The summed E-state index contributed by atoms with van der Waals surface area (Å²) < 4.78 is 0. The third kappa shape index (κ3) is 3.69. The lowest BCUT2D eigenvalue weighted by Crippen LogP contribution is -1.86. The van der Waals surface area contributed by atoms with Crippen LogP contribution in [0.3, 0.4) is 0 Å². The monoisotopic (exact) mass is 502 g/mol. The number of hydrogen-bond donors (Lipinski definition) is 3. The minimum absolute atomic E-state index is 0.822. The minimum atomic E-state index is 0.822. The number of nitrogens with one attached hydrogen (secondary N) is 3. The zero-order chi connectivity index (χ0) is 25.8. The van der Waals surface area contributed by atoms with Crippen molar-refractivity contribution in [1.29, 1.82) is 0 Å². The Hall–Kier alpha value is -5.49. The Bertz CT molecular complexity index is 2040. The normalized spacial score (nSPS) is 11.6. The van der Waals surface area contributed by atoms with Crippen LogP contribution in [0.1, 0.15) is 0 Å². The third-order valence-corrected chi connectivity index (χ3v) is 7.24. The molecule has 0 saturated carbocycles. The summed E-state index contributed by atoms with van der Waals surface area (Å²) >= 11 is 0. The van der Waals surface area contributed by atoms with E-state index in [1.807, 2.05) is 30.3 Å². The molecule has 0 radical (unpaired) electrons. The number of nitrogens with zero attached hydrogens (tertiary/aromatic N) is 3. The zero-order valence-electron chi connectivity index (χ0n) is 20.8. The first kappa shape index (κ1) is 21.6. The van der Waals surface area contributed by atoms with Crippen LogP contribution in [0.2, 0.25) is 0 Å². The molecule has 0 amide bonds. The predicted octanol–water partition coefficient (Wildman–Crippen LogP) is 7.98. The Morgan fingerprint density at radius 1 is 0.436 bits per heavy atom. The molecule has 3 aromatic heterocycles. The Morgan fingerprint density at radius 3 is 1.69 bits per heavy atom. The molecule has 0 bridgehead atoms. The molecule has 0 aliphatic carbocycles. The van der Waals surface area contributed by atoms with Gasteiger partial charge in [0.05, 0.1) is 39.4 Å². The molecule has 5 aromatic carbocycles. The minimum Gasteiger partial charge on any atom is -0.345 e. The Balaban J connectivity index is 1.23. The van der Waals surface area contributed by atoms with Gasteiger partial charge in [0.15, 0.2) is 0 Å². The molecular weight excluding hydrogens is 480 g/mol. The number of fused-ring (bicyclic) bond motifs is 3. The standard InChI is InChI=1S/C33H22N6/c1-3-7-20(8-4-1)24-17-30-31(18-25(24)21-9-5-2-6-10-21)39-33(38-30)23-12-14-27-29(16-23)37-32(36-27)22-11-13-26-28(15-22)35-19-34-26/h1-19H,(H,34,35)(H,36,37)(H,38,39). The second kappa shape index (κ2) is 8.53. The topological polar surface area (TPSA) is 86.0 Å². The van der Waals surface area contributed by atoms with Crippen LogP contribution < -0.4 is 0 Å². The van der Waals surface area contributed by atoms with Crippen LogP contribution in [-0.4, -0.2) is 29.9 Å². The fourth-order valence-corrected chi connectivity index (χ4v) is 5.28. The summed E-state index contributed by atoms with van der Waals surface area (Å²) in [6, 6.07) is 37.7. The van der Waals surface area contributed by atoms with Crippen LogP contribution in [0, 0.1) is 0 Å². The molecule has 6 nitrogen and oxygen atoms in total. The number of H-pyrrole nitrogens is 3. The molecule has 8 rings (SSSR count). The Kier molecular flexibility index (Phi) is 4.72. The molecule has 0 saturated heterocycles. The molecule has 3 heterocycles. The van der Waals surface area contributed by atoms with Gasteiger partial charge in [-0.2, -0.15) is 0 Å². The second-order valence-corrected chi connectivity index (χ2v) is 9.68. The maximum Gasteiger partial charge on any atom is 0.138 e. The highest BCUT2D eigenvalue weighted by Crippen LogP contribution is 2.36. The van der Waals surface area contributed by atoms with Crippen molar-refractivity contribution in [3.05, 3.63) is 116 Å². The Labute approximate surface area is 223 Å². The lowest BCUT2D eigenvalue weighted by atomic mass is 9.94. The van der Waals surface area contributed by atoms with Gasteiger partial charge in [0.25, 0.3) is 0 Å². The summed E-state index contributed by atoms with van der Waals surface area (Å²) in [5.74, 6) is 1.65. The van der Waals surface area contributed by atoms with Crippen molar-refractivity contribution in [1.82, 2.24) is 29.9 Å². The van der Waals surface area contributed by atoms with Gasteiger partial charge in [0.1, 0.15) is 11.6 Å². The van der Waals surface area contributed by atoms with Crippen molar-refractivity contribution >= 4 is 33.1 Å². The first-order chi connectivity index (χ1) is 19.3. The highest BCUT2D eigenvalue weighted by Gasteiger charge is 2.14. The summed E-state index contributed by atoms with van der Waals surface area (Å²) in [5.41, 5.74) is 12.4. The van der Waals surface area contributed by atoms with Crippen LogP contribution in [-0.2, 0) is 0 Å². The van der Waals surface area contributed by atoms with Crippen LogP contribution in [0.4, 0.5) is 0 Å². The van der Waals surface area contributed by atoms with Crippen molar-refractivity contribution < 1.29 is 0 Å². The predicted molar refractivity (Wildman–Crippen MR) is 157 cm³/mol. The maximum absolute atomic E-state index is 5.00. The largest absolute Gasteiger partial charge is 0.345 e. The highest BCUT2D eigenvalue weighted by atomic mass is 14.9. The first-order valence-electron chi connectivity index (χ1n) is 12.9. The van der Waals surface area contributed by atoms with Gasteiger partial charge < -0.3 is 15.0 Å². The molecule has 8 aromatic rings. The smallest absolute Gasteiger partial charge is 0.138 e. The van der Waals surface area contributed by atoms with Crippen molar-refractivity contribution in [3.63, 3.8) is 0 Å². The summed E-state index contributed by atoms with van der Waals surface area (Å²) in [6.45, 7) is 0. The maximum atomic E-state index is 5.00. The van der Waals surface area contributed by atoms with Crippen LogP contribution in [0.25, 0.3) is 78.1 Å². The van der Waals surface area contributed by atoms with Crippen LogP contribution >= 0.6 is 0 Å². The number of hydrogen-bond acceptors (Lipinski definition) is 3. The van der Waals surface area contributed by atoms with Gasteiger partial charge in [0.2, 0.25) is 0 Å². The van der Waals surface area contributed by atoms with Gasteiger partial charge in [-0.15, -0.1) is 0 Å². The van der Waals surface area contributed by atoms with Crippen molar-refractivity contribution in [3.8, 4) is 45.0 Å². The van der Waals surface area contributed by atoms with Gasteiger partial charge >= 0.3 is 0 Å². The van der Waals surface area contributed by atoms with E-state index in [9.17, 15) is 0 Å². The number of imidazole rings is 3. The van der Waals surface area contributed by atoms with Crippen molar-refractivity contribution in [2.45, 2.75) is 0 Å². The summed E-state index contributed by atoms with van der Waals surface area (Å²) in [7, 11) is 0. The van der Waals surface area contributed by atoms with Gasteiger partial charge in [-0.1, -0.05) is 60.7 Å². The summed E-state index contributed by atoms with van der Waals surface area (Å²) in [5, 5.41) is 0. The van der Waals surface area contributed by atoms with E-state index in [1.165, 1.54) is 16.7 Å². The van der Waals surface area contributed by atoms with E-state index in [0.717, 1.165) is 61.4 Å². The molecular formula is C33H22N6. The number of benzene rings is 5. The fraction of sp³-hybridized carbons (Fsp3) is 0. The Morgan fingerprint density at radius 2 is 1.00 bits per heavy atom. The quantitative estimate of drug-likeness (QED) is 0.228. The fourth-order valence-electron chi connectivity index (χ4n) is 5.28. The van der Waals surface area contributed by atoms with E-state index in [2.05, 4.69) is 98.8 Å². The molecule has 0 spiro atoms. The average Bonchev–Trinajstić information content (AvgIpc) is 3.74. The zero-order valence-corrected chi connectivity index (χ0v) is 20.8. The van der Waals surface area contributed by atoms with Gasteiger partial charge in [-0.25, -0.2) is 15.0 Å². The first-order valence-corrected chi connectivity index (χ1v) is 12.9. The highest BCUT2D eigenvalue weighted by molar-refractivity contribution is 5.95. The SMILES string of the molecule is c1ccc(-c2cc3nc(-c4ccc5nc(-c6ccc7nc[nH]c7c6)[nH]c5c4)[nH]c3cc2-c2ccccc2)cc1. The number of aromatic nitrogens is 6. The summed E-state index contributed by atoms with van der Waals surface area (Å²) in [4.78, 5) is 24.4. The van der Waals surface area contributed by atoms with E-state index in [1.54, 1.807) is 6.33 Å². The molecule has 39 heavy (non-hydrogen) atoms. The molecule has 184 valence electrons. The van der Waals surface area contributed by atoms with Gasteiger partial charge in [-0.05, 0) is 70.8 Å². The average molecular weight is 503 g/mol. The van der Waals surface area contributed by atoms with E-state index in [-0.39, 0.29) is 0 Å². The van der Waals surface area contributed by atoms with Crippen molar-refractivity contribution in [2.75, 3.05) is 0 Å². The van der Waals surface area contributed by atoms with E-state index in [4.69, 9.17) is 9.97 Å². The second-order valence-electron chi connectivity index (χ2n) is 9.68. The third-order valence-electron chi connectivity index (χ3n) is 7.24. The number of aromatic amines is 3. The van der Waals surface area contributed by atoms with Gasteiger partial charge in [-0.3, -0.25) is 0 Å².